The maximum atomic E-state index is 13.0. The smallest absolute Gasteiger partial charge is 0.304 e. The largest absolute Gasteiger partial charge is 0.436 e. The Kier molecular flexibility index (Phi) is 3.61. The van der Waals surface area contributed by atoms with Crippen LogP contribution in [-0.4, -0.2) is 54.8 Å². The summed E-state index contributed by atoms with van der Waals surface area (Å²) < 4.78 is 11.8. The molecular formula is C23H26N2O4. The fourth-order valence-electron chi connectivity index (χ4n) is 7.24. The van der Waals surface area contributed by atoms with E-state index in [1.165, 1.54) is 18.1 Å². The summed E-state index contributed by atoms with van der Waals surface area (Å²) in [5.74, 6) is -0.0617. The summed E-state index contributed by atoms with van der Waals surface area (Å²) in [6.07, 6.45) is 3.61. The third-order valence-corrected chi connectivity index (χ3v) is 8.03. The van der Waals surface area contributed by atoms with Crippen molar-refractivity contribution in [2.45, 2.75) is 50.5 Å². The molecular weight excluding hydrogens is 368 g/mol. The molecule has 0 N–H and O–H groups in total. The molecule has 1 spiro atoms. The van der Waals surface area contributed by atoms with Gasteiger partial charge < -0.3 is 14.4 Å². The molecule has 1 aromatic carbocycles. The number of anilines is 1. The molecule has 1 aromatic rings. The van der Waals surface area contributed by atoms with Crippen LogP contribution in [0.5, 0.6) is 0 Å². The molecule has 4 heterocycles. The number of fused-ring (bicyclic) bond motifs is 2. The number of para-hydroxylation sites is 1. The Morgan fingerprint density at radius 1 is 1.24 bits per heavy atom. The van der Waals surface area contributed by atoms with Gasteiger partial charge in [-0.1, -0.05) is 29.8 Å². The molecule has 1 saturated carbocycles. The minimum Gasteiger partial charge on any atom is -0.436 e. The van der Waals surface area contributed by atoms with E-state index in [2.05, 4.69) is 29.2 Å². The molecule has 0 radical (unpaired) electrons. The number of ether oxygens (including phenoxy) is 2. The van der Waals surface area contributed by atoms with Crippen molar-refractivity contribution in [3.63, 3.8) is 0 Å². The first-order valence-electron chi connectivity index (χ1n) is 10.6. The van der Waals surface area contributed by atoms with Crippen LogP contribution in [-0.2, 0) is 24.5 Å². The molecule has 6 rings (SSSR count). The second kappa shape index (κ2) is 5.92. The highest BCUT2D eigenvalue weighted by atomic mass is 16.7. The summed E-state index contributed by atoms with van der Waals surface area (Å²) in [7, 11) is 0. The summed E-state index contributed by atoms with van der Waals surface area (Å²) in [5.41, 5.74) is 3.57. The van der Waals surface area contributed by atoms with Crippen molar-refractivity contribution in [2.24, 2.45) is 11.8 Å². The van der Waals surface area contributed by atoms with Crippen molar-refractivity contribution in [3.05, 3.63) is 41.5 Å². The van der Waals surface area contributed by atoms with Crippen LogP contribution in [0.3, 0.4) is 0 Å². The van der Waals surface area contributed by atoms with Crippen molar-refractivity contribution in [2.75, 3.05) is 24.6 Å². The van der Waals surface area contributed by atoms with Crippen molar-refractivity contribution in [3.8, 4) is 0 Å². The maximum absolute atomic E-state index is 13.0. The first kappa shape index (κ1) is 17.7. The van der Waals surface area contributed by atoms with E-state index in [1.807, 2.05) is 11.0 Å². The summed E-state index contributed by atoms with van der Waals surface area (Å²) in [6.45, 7) is 5.54. The number of hydrogen-bond acceptors (Lipinski definition) is 5. The van der Waals surface area contributed by atoms with Gasteiger partial charge in [-0.3, -0.25) is 14.5 Å². The number of benzene rings is 1. The van der Waals surface area contributed by atoms with Gasteiger partial charge in [-0.15, -0.1) is 0 Å². The van der Waals surface area contributed by atoms with Crippen LogP contribution in [0.2, 0.25) is 0 Å². The number of rotatable bonds is 1. The minimum absolute atomic E-state index is 0.0501. The fraction of sp³-hybridized carbons (Fsp3) is 0.565. The molecule has 6 nitrogen and oxygen atoms in total. The maximum Gasteiger partial charge on any atom is 0.304 e. The lowest BCUT2D eigenvalue weighted by atomic mass is 9.55. The first-order chi connectivity index (χ1) is 14.0. The van der Waals surface area contributed by atoms with Crippen LogP contribution >= 0.6 is 0 Å². The summed E-state index contributed by atoms with van der Waals surface area (Å²) in [4.78, 5) is 29.5. The molecule has 1 unspecified atom stereocenters. The van der Waals surface area contributed by atoms with Crippen LogP contribution < -0.4 is 4.90 Å². The molecule has 6 atom stereocenters. The average Bonchev–Trinajstić information content (AvgIpc) is 3.15. The molecule has 1 aliphatic carbocycles. The zero-order valence-corrected chi connectivity index (χ0v) is 16.8. The lowest BCUT2D eigenvalue weighted by Crippen LogP contribution is -2.66. The molecule has 2 bridgehead atoms. The Balaban J connectivity index is 1.60. The number of piperidine rings is 1. The fourth-order valence-corrected chi connectivity index (χ4v) is 7.24. The molecule has 4 aliphatic heterocycles. The quantitative estimate of drug-likeness (QED) is 0.540. The monoisotopic (exact) mass is 394 g/mol. The van der Waals surface area contributed by atoms with Gasteiger partial charge in [-0.25, -0.2) is 0 Å². The topological polar surface area (TPSA) is 59.1 Å². The predicted octanol–water partition coefficient (Wildman–Crippen LogP) is 2.23. The van der Waals surface area contributed by atoms with Gasteiger partial charge in [0.25, 0.3) is 0 Å². The number of nitrogens with zero attached hydrogens (tertiary/aromatic N) is 2. The average molecular weight is 394 g/mol. The number of amides is 1. The zero-order chi connectivity index (χ0) is 19.9. The summed E-state index contributed by atoms with van der Waals surface area (Å²) in [5, 5.41) is 0. The van der Waals surface area contributed by atoms with Crippen LogP contribution in [0.1, 0.15) is 32.3 Å². The van der Waals surface area contributed by atoms with Gasteiger partial charge in [0.1, 0.15) is 0 Å². The standard InChI is InChI=1S/C23H26N2O4/c1-13(26)25-18-6-4-3-5-17(18)23-8-9-24-12-15-7-10-28-22(29-14(2)27)20(21(23)25)16(15)11-19(23)24/h3-7,16,19-22H,8-12H2,1-2H3/t16-,19-,20+,21-,22-,23?/m0/s1. The molecule has 2 saturated heterocycles. The predicted molar refractivity (Wildman–Crippen MR) is 106 cm³/mol. The molecule has 29 heavy (non-hydrogen) atoms. The van der Waals surface area contributed by atoms with Crippen LogP contribution in [0.4, 0.5) is 5.69 Å². The highest BCUT2D eigenvalue weighted by molar-refractivity contribution is 5.96. The normalized spacial score (nSPS) is 39.3. The highest BCUT2D eigenvalue weighted by Crippen LogP contribution is 2.64. The van der Waals surface area contributed by atoms with E-state index in [-0.39, 0.29) is 35.2 Å². The molecule has 1 amide bonds. The summed E-state index contributed by atoms with van der Waals surface area (Å²) >= 11 is 0. The lowest BCUT2D eigenvalue weighted by molar-refractivity contribution is -0.197. The number of hydrogen-bond donors (Lipinski definition) is 0. The van der Waals surface area contributed by atoms with Crippen molar-refractivity contribution in [1.82, 2.24) is 4.90 Å². The van der Waals surface area contributed by atoms with E-state index in [9.17, 15) is 9.59 Å². The highest BCUT2D eigenvalue weighted by Gasteiger charge is 2.69. The van der Waals surface area contributed by atoms with Crippen molar-refractivity contribution in [1.29, 1.82) is 0 Å². The SMILES string of the molecule is CC(=O)O[C@@H]1OCC=C2CN3CCC45c6ccccc6N(C(C)=O)[C@H]4[C@H]1[C@H]2C[C@H]35. The van der Waals surface area contributed by atoms with E-state index in [0.717, 1.165) is 31.6 Å². The molecule has 152 valence electrons. The summed E-state index contributed by atoms with van der Waals surface area (Å²) in [6, 6.07) is 8.74. The second-order valence-corrected chi connectivity index (χ2v) is 9.14. The Morgan fingerprint density at radius 2 is 2.07 bits per heavy atom. The number of carbonyl (C=O) groups is 2. The minimum atomic E-state index is -0.627. The van der Waals surface area contributed by atoms with Crippen LogP contribution in [0.25, 0.3) is 0 Å². The van der Waals surface area contributed by atoms with E-state index < -0.39 is 6.29 Å². The number of carbonyl (C=O) groups excluding carboxylic acids is 2. The Labute approximate surface area is 170 Å². The first-order valence-corrected chi connectivity index (χ1v) is 10.6. The lowest BCUT2D eigenvalue weighted by Gasteiger charge is -2.56. The van der Waals surface area contributed by atoms with Gasteiger partial charge in [0.2, 0.25) is 12.2 Å². The Morgan fingerprint density at radius 3 is 2.86 bits per heavy atom. The van der Waals surface area contributed by atoms with Gasteiger partial charge >= 0.3 is 5.97 Å². The zero-order valence-electron chi connectivity index (χ0n) is 16.8. The molecule has 5 aliphatic rings. The molecule has 3 fully saturated rings. The molecule has 0 aromatic heterocycles. The van der Waals surface area contributed by atoms with Crippen LogP contribution in [0.15, 0.2) is 35.9 Å². The van der Waals surface area contributed by atoms with Gasteiger partial charge in [0.05, 0.1) is 18.6 Å². The third kappa shape index (κ3) is 2.14. The van der Waals surface area contributed by atoms with E-state index >= 15 is 0 Å². The van der Waals surface area contributed by atoms with E-state index in [1.54, 1.807) is 6.92 Å². The molecule has 6 heteroatoms. The van der Waals surface area contributed by atoms with Crippen molar-refractivity contribution >= 4 is 17.6 Å². The van der Waals surface area contributed by atoms with Gasteiger partial charge in [-0.05, 0) is 36.9 Å². The Hall–Kier alpha value is -2.18. The van der Waals surface area contributed by atoms with Crippen LogP contribution in [0, 0.1) is 11.8 Å². The van der Waals surface area contributed by atoms with E-state index in [4.69, 9.17) is 9.47 Å². The Bertz CT molecular complexity index is 943. The van der Waals surface area contributed by atoms with Crippen molar-refractivity contribution < 1.29 is 19.1 Å². The van der Waals surface area contributed by atoms with Gasteiger partial charge in [0.15, 0.2) is 0 Å². The third-order valence-electron chi connectivity index (χ3n) is 8.03. The second-order valence-electron chi connectivity index (χ2n) is 9.14. The van der Waals surface area contributed by atoms with Gasteiger partial charge in [-0.2, -0.15) is 0 Å². The number of esters is 1. The van der Waals surface area contributed by atoms with E-state index in [0.29, 0.717) is 12.6 Å². The van der Waals surface area contributed by atoms with Gasteiger partial charge in [0, 0.05) is 37.5 Å².